The summed E-state index contributed by atoms with van der Waals surface area (Å²) in [5.74, 6) is 1.14. The first-order valence-electron chi connectivity index (χ1n) is 15.3. The minimum Gasteiger partial charge on any atom is -0.501 e. The van der Waals surface area contributed by atoms with Gasteiger partial charge in [-0.05, 0) is 60.7 Å². The van der Waals surface area contributed by atoms with Crippen molar-refractivity contribution in [2.24, 2.45) is 5.92 Å². The molecule has 44 heavy (non-hydrogen) atoms. The summed E-state index contributed by atoms with van der Waals surface area (Å²) >= 11 is 0. The summed E-state index contributed by atoms with van der Waals surface area (Å²) < 4.78 is 6.40. The van der Waals surface area contributed by atoms with Crippen LogP contribution < -0.4 is 5.19 Å². The van der Waals surface area contributed by atoms with Gasteiger partial charge >= 0.3 is 0 Å². The number of nitrogens with zero attached hydrogens (tertiary/aromatic N) is 2. The van der Waals surface area contributed by atoms with Gasteiger partial charge in [0.2, 0.25) is 0 Å². The molecule has 1 unspecified atom stereocenters. The van der Waals surface area contributed by atoms with Gasteiger partial charge in [0.1, 0.15) is 5.58 Å². The van der Waals surface area contributed by atoms with Gasteiger partial charge < -0.3 is 14.4 Å². The van der Waals surface area contributed by atoms with Crippen molar-refractivity contribution < 1.29 is 24.5 Å². The Labute approximate surface area is 277 Å². The quantitative estimate of drug-likeness (QED) is 0.125. The predicted octanol–water partition coefficient (Wildman–Crippen LogP) is 10.3. The number of hydrogen-bond acceptors (Lipinski definition) is 3. The Hall–Kier alpha value is -3.37. The van der Waals surface area contributed by atoms with Crippen LogP contribution in [-0.4, -0.2) is 18.0 Å². The van der Waals surface area contributed by atoms with Crippen molar-refractivity contribution in [3.05, 3.63) is 114 Å². The smallest absolute Gasteiger partial charge is 0.120 e. The number of fused-ring (bicyclic) bond motifs is 3. The Kier molecular flexibility index (Phi) is 10.8. The molecule has 1 radical (unpaired) electrons. The van der Waals surface area contributed by atoms with E-state index in [9.17, 15) is 0 Å². The van der Waals surface area contributed by atoms with Crippen molar-refractivity contribution in [3.8, 4) is 22.5 Å². The van der Waals surface area contributed by atoms with Crippen LogP contribution >= 0.6 is 0 Å². The molecule has 0 saturated carbocycles. The minimum atomic E-state index is -1.57. The molecule has 0 spiro atoms. The SMILES string of the molecule is CCC(c1cnc(-c2[c-]cc([Si](C)(C)C)c3c2oc2ccccc23)cc1C)C(C)C.Cc1ccc(-c2[c-]cccc2)nc1.[Ir]. The van der Waals surface area contributed by atoms with E-state index in [4.69, 9.17) is 9.40 Å². The third kappa shape index (κ3) is 7.12. The van der Waals surface area contributed by atoms with Crippen molar-refractivity contribution in [1.29, 1.82) is 0 Å². The summed E-state index contributed by atoms with van der Waals surface area (Å²) in [6.07, 6.45) is 5.08. The van der Waals surface area contributed by atoms with E-state index < -0.39 is 8.07 Å². The van der Waals surface area contributed by atoms with E-state index in [2.05, 4.69) is 107 Å². The molecule has 0 N–H and O–H groups in total. The van der Waals surface area contributed by atoms with Gasteiger partial charge in [-0.3, -0.25) is 0 Å². The van der Waals surface area contributed by atoms with Crippen LogP contribution in [0, 0.1) is 31.9 Å². The van der Waals surface area contributed by atoms with E-state index in [-0.39, 0.29) is 20.1 Å². The van der Waals surface area contributed by atoms with Gasteiger partial charge in [0.05, 0.1) is 5.58 Å². The number of benzene rings is 3. The fourth-order valence-electron chi connectivity index (χ4n) is 5.87. The first-order valence-corrected chi connectivity index (χ1v) is 18.8. The van der Waals surface area contributed by atoms with Crippen molar-refractivity contribution >= 4 is 35.2 Å². The Morgan fingerprint density at radius 2 is 1.59 bits per heavy atom. The molecule has 0 bridgehead atoms. The number of furan rings is 1. The van der Waals surface area contributed by atoms with Gasteiger partial charge in [-0.2, -0.15) is 0 Å². The molecule has 0 saturated heterocycles. The second-order valence-electron chi connectivity index (χ2n) is 12.8. The largest absolute Gasteiger partial charge is 0.501 e. The summed E-state index contributed by atoms with van der Waals surface area (Å²) in [5, 5.41) is 3.83. The monoisotopic (exact) mass is 775 g/mol. The normalized spacial score (nSPS) is 12.1. The van der Waals surface area contributed by atoms with E-state index in [1.165, 1.54) is 32.6 Å². The molecule has 6 aromatic rings. The standard InChI is InChI=1S/C27H32NOSi.C12H10N.Ir/c1-8-19(17(2)3)22-16-28-23(15-18(22)4)20-13-14-25(30(5,6)7)26-21-11-9-10-12-24(21)29-27(20)26;1-10-7-8-12(13-9-10)11-5-3-2-4-6-11;/h9-12,14-17,19H,8H2,1-7H3;2-5,7-9H,1H3;/q2*-1;. The van der Waals surface area contributed by atoms with Crippen molar-refractivity contribution in [3.63, 3.8) is 0 Å². The van der Waals surface area contributed by atoms with Gasteiger partial charge in [0.25, 0.3) is 0 Å². The molecule has 0 amide bonds. The van der Waals surface area contributed by atoms with Crippen LogP contribution in [0.2, 0.25) is 19.6 Å². The third-order valence-electron chi connectivity index (χ3n) is 8.21. The fraction of sp³-hybridized carbons (Fsp3) is 0.282. The average Bonchev–Trinajstić information content (AvgIpc) is 3.38. The zero-order valence-electron chi connectivity index (χ0n) is 27.1. The van der Waals surface area contributed by atoms with Crippen molar-refractivity contribution in [2.45, 2.75) is 66.6 Å². The van der Waals surface area contributed by atoms with E-state index in [1.807, 2.05) is 49.5 Å². The number of rotatable bonds is 6. The van der Waals surface area contributed by atoms with Gasteiger partial charge in [-0.25, -0.2) is 0 Å². The Morgan fingerprint density at radius 3 is 2.20 bits per heavy atom. The van der Waals surface area contributed by atoms with Gasteiger partial charge in [0.15, 0.2) is 0 Å². The molecular formula is C39H42IrN2OSi-2. The maximum atomic E-state index is 6.40. The van der Waals surface area contributed by atoms with Crippen LogP contribution in [0.4, 0.5) is 0 Å². The summed E-state index contributed by atoms with van der Waals surface area (Å²) in [5.41, 5.74) is 9.63. The maximum absolute atomic E-state index is 6.40. The van der Waals surface area contributed by atoms with Crippen LogP contribution in [0.1, 0.15) is 49.8 Å². The zero-order valence-corrected chi connectivity index (χ0v) is 30.5. The van der Waals surface area contributed by atoms with Crippen LogP contribution in [-0.2, 0) is 20.1 Å². The number of hydrogen-bond donors (Lipinski definition) is 0. The van der Waals surface area contributed by atoms with Crippen LogP contribution in [0.15, 0.2) is 89.6 Å². The summed E-state index contributed by atoms with van der Waals surface area (Å²) in [6.45, 7) is 18.2. The average molecular weight is 775 g/mol. The van der Waals surface area contributed by atoms with Crippen LogP contribution in [0.3, 0.4) is 0 Å². The molecule has 229 valence electrons. The van der Waals surface area contributed by atoms with Crippen LogP contribution in [0.25, 0.3) is 44.5 Å². The summed E-state index contributed by atoms with van der Waals surface area (Å²) in [4.78, 5) is 9.21. The van der Waals surface area contributed by atoms with Crippen LogP contribution in [0.5, 0.6) is 0 Å². The first kappa shape index (κ1) is 33.5. The summed E-state index contributed by atoms with van der Waals surface area (Å²) in [7, 11) is -1.57. The van der Waals surface area contributed by atoms with Crippen molar-refractivity contribution in [1.82, 2.24) is 9.97 Å². The summed E-state index contributed by atoms with van der Waals surface area (Å²) in [6, 6.07) is 31.4. The Balaban J connectivity index is 0.000000264. The molecule has 0 aliphatic rings. The predicted molar refractivity (Wildman–Crippen MR) is 185 cm³/mol. The van der Waals surface area contributed by atoms with E-state index >= 15 is 0 Å². The maximum Gasteiger partial charge on any atom is 0.120 e. The number of pyridine rings is 2. The number of aryl methyl sites for hydroxylation is 2. The van der Waals surface area contributed by atoms with Gasteiger partial charge in [-0.1, -0.05) is 93.3 Å². The fourth-order valence-corrected chi connectivity index (χ4v) is 7.38. The van der Waals surface area contributed by atoms with Gasteiger partial charge in [-0.15, -0.1) is 53.2 Å². The Morgan fingerprint density at radius 1 is 0.864 bits per heavy atom. The topological polar surface area (TPSA) is 38.9 Å². The molecular weight excluding hydrogens is 733 g/mol. The molecule has 0 aliphatic carbocycles. The molecule has 3 aromatic heterocycles. The molecule has 0 fully saturated rings. The zero-order chi connectivity index (χ0) is 30.7. The van der Waals surface area contributed by atoms with Crippen molar-refractivity contribution in [2.75, 3.05) is 0 Å². The number of aromatic nitrogens is 2. The van der Waals surface area contributed by atoms with Gasteiger partial charge in [0, 0.05) is 46.0 Å². The minimum absolute atomic E-state index is 0. The first-order chi connectivity index (χ1) is 20.6. The molecule has 0 aliphatic heterocycles. The van der Waals surface area contributed by atoms with E-state index in [0.29, 0.717) is 11.8 Å². The molecule has 6 rings (SSSR count). The molecule has 3 heterocycles. The van der Waals surface area contributed by atoms with E-state index in [1.54, 1.807) is 0 Å². The molecule has 1 atom stereocenters. The second-order valence-corrected chi connectivity index (χ2v) is 17.9. The molecule has 5 heteroatoms. The third-order valence-corrected chi connectivity index (χ3v) is 10.2. The second kappa shape index (κ2) is 14.2. The number of para-hydroxylation sites is 1. The molecule has 3 nitrogen and oxygen atoms in total. The Bertz CT molecular complexity index is 1840. The molecule has 3 aromatic carbocycles. The van der Waals surface area contributed by atoms with E-state index in [0.717, 1.165) is 40.1 Å².